The van der Waals surface area contributed by atoms with E-state index in [1.54, 1.807) is 11.8 Å². The molecule has 3 nitrogen and oxygen atoms in total. The lowest BCUT2D eigenvalue weighted by Gasteiger charge is -2.22. The molecule has 1 amide bonds. The molecule has 2 N–H and O–H groups in total. The van der Waals surface area contributed by atoms with E-state index in [0.29, 0.717) is 6.42 Å². The molecule has 1 fully saturated rings. The number of hydrogen-bond donors (Lipinski definition) is 2. The smallest absolute Gasteiger partial charge is 0.233 e. The van der Waals surface area contributed by atoms with Crippen LogP contribution >= 0.6 is 11.8 Å². The number of amides is 1. The van der Waals surface area contributed by atoms with Crippen LogP contribution in [0.4, 0.5) is 0 Å². The van der Waals surface area contributed by atoms with Crippen molar-refractivity contribution in [1.29, 1.82) is 0 Å². The highest BCUT2D eigenvalue weighted by Crippen LogP contribution is 2.26. The van der Waals surface area contributed by atoms with Crippen molar-refractivity contribution in [3.05, 3.63) is 35.9 Å². The van der Waals surface area contributed by atoms with E-state index >= 15 is 0 Å². The van der Waals surface area contributed by atoms with E-state index in [9.17, 15) is 9.90 Å². The number of carbonyl (C=O) groups is 1. The van der Waals surface area contributed by atoms with E-state index in [2.05, 4.69) is 5.32 Å². The Morgan fingerprint density at radius 2 is 2.21 bits per heavy atom. The van der Waals surface area contributed by atoms with Gasteiger partial charge in [0, 0.05) is 6.42 Å². The van der Waals surface area contributed by atoms with Crippen molar-refractivity contribution in [2.75, 3.05) is 5.75 Å². The molecular weight excluding hydrogens is 258 g/mol. The minimum absolute atomic E-state index is 0.0714. The number of thioether (sulfide) groups is 1. The summed E-state index contributed by atoms with van der Waals surface area (Å²) in [4.78, 5) is 12.0. The lowest BCUT2D eigenvalue weighted by atomic mass is 10.0. The molecule has 0 spiro atoms. The Morgan fingerprint density at radius 1 is 1.47 bits per heavy atom. The van der Waals surface area contributed by atoms with Gasteiger partial charge in [-0.3, -0.25) is 4.79 Å². The molecule has 0 bridgehead atoms. The Balaban J connectivity index is 1.81. The summed E-state index contributed by atoms with van der Waals surface area (Å²) in [6, 6.07) is 9.64. The van der Waals surface area contributed by atoms with Crippen molar-refractivity contribution in [2.24, 2.45) is 0 Å². The molecule has 1 aromatic carbocycles. The minimum Gasteiger partial charge on any atom is -0.391 e. The minimum atomic E-state index is -0.544. The summed E-state index contributed by atoms with van der Waals surface area (Å²) in [6.07, 6.45) is 2.10. The molecule has 19 heavy (non-hydrogen) atoms. The zero-order valence-corrected chi connectivity index (χ0v) is 12.0. The van der Waals surface area contributed by atoms with Crippen LogP contribution in [0.2, 0.25) is 0 Å². The second-order valence-electron chi connectivity index (χ2n) is 5.06. The van der Waals surface area contributed by atoms with E-state index < -0.39 is 6.10 Å². The number of hydrogen-bond acceptors (Lipinski definition) is 3. The first-order valence-corrected chi connectivity index (χ1v) is 7.85. The Kier molecular flexibility index (Phi) is 5.28. The Labute approximate surface area is 118 Å². The molecule has 1 aliphatic rings. The maximum atomic E-state index is 12.0. The van der Waals surface area contributed by atoms with Gasteiger partial charge in [-0.15, -0.1) is 11.8 Å². The van der Waals surface area contributed by atoms with Crippen molar-refractivity contribution in [2.45, 2.75) is 43.6 Å². The predicted molar refractivity (Wildman–Crippen MR) is 79.2 cm³/mol. The molecule has 104 valence electrons. The van der Waals surface area contributed by atoms with E-state index in [4.69, 9.17) is 0 Å². The maximum Gasteiger partial charge on any atom is 0.233 e. The largest absolute Gasteiger partial charge is 0.391 e. The van der Waals surface area contributed by atoms with E-state index in [0.717, 1.165) is 24.2 Å². The van der Waals surface area contributed by atoms with Crippen LogP contribution in [-0.4, -0.2) is 34.2 Å². The molecule has 0 saturated carbocycles. The molecule has 1 heterocycles. The highest BCUT2D eigenvalue weighted by Gasteiger charge is 2.26. The van der Waals surface area contributed by atoms with Gasteiger partial charge in [0.15, 0.2) is 0 Å². The number of benzene rings is 1. The highest BCUT2D eigenvalue weighted by molar-refractivity contribution is 8.00. The van der Waals surface area contributed by atoms with E-state index in [1.165, 1.54) is 0 Å². The molecule has 3 atom stereocenters. The fourth-order valence-electron chi connectivity index (χ4n) is 2.23. The van der Waals surface area contributed by atoms with Crippen LogP contribution in [0.25, 0.3) is 0 Å². The van der Waals surface area contributed by atoms with Crippen LogP contribution in [0.3, 0.4) is 0 Å². The summed E-state index contributed by atoms with van der Waals surface area (Å²) in [7, 11) is 0. The number of nitrogens with one attached hydrogen (secondary N) is 1. The van der Waals surface area contributed by atoms with Crippen molar-refractivity contribution in [1.82, 2.24) is 5.32 Å². The molecule has 1 saturated heterocycles. The molecule has 1 aromatic rings. The quantitative estimate of drug-likeness (QED) is 0.866. The molecule has 4 heteroatoms. The summed E-state index contributed by atoms with van der Waals surface area (Å²) >= 11 is 1.71. The van der Waals surface area contributed by atoms with Gasteiger partial charge >= 0.3 is 0 Å². The van der Waals surface area contributed by atoms with Crippen LogP contribution in [0, 0.1) is 0 Å². The van der Waals surface area contributed by atoms with Crippen LogP contribution in [0.1, 0.15) is 25.3 Å². The number of rotatable bonds is 5. The monoisotopic (exact) mass is 279 g/mol. The summed E-state index contributed by atoms with van der Waals surface area (Å²) in [5.74, 6) is 1.14. The zero-order valence-electron chi connectivity index (χ0n) is 11.2. The first kappa shape index (κ1) is 14.4. The van der Waals surface area contributed by atoms with E-state index in [-0.39, 0.29) is 17.2 Å². The average Bonchev–Trinajstić information content (AvgIpc) is 2.93. The van der Waals surface area contributed by atoms with E-state index in [1.807, 2.05) is 37.3 Å². The third-order valence-corrected chi connectivity index (χ3v) is 4.83. The van der Waals surface area contributed by atoms with Crippen LogP contribution < -0.4 is 5.32 Å². The van der Waals surface area contributed by atoms with Crippen LogP contribution in [0.5, 0.6) is 0 Å². The van der Waals surface area contributed by atoms with Gasteiger partial charge in [0.05, 0.1) is 17.4 Å². The third kappa shape index (κ3) is 4.25. The number of aliphatic hydroxyl groups is 1. The lowest BCUT2D eigenvalue weighted by molar-refractivity contribution is -0.122. The molecule has 0 radical (unpaired) electrons. The van der Waals surface area contributed by atoms with Crippen molar-refractivity contribution < 1.29 is 9.90 Å². The van der Waals surface area contributed by atoms with Gasteiger partial charge in [-0.1, -0.05) is 30.3 Å². The van der Waals surface area contributed by atoms with Crippen molar-refractivity contribution in [3.63, 3.8) is 0 Å². The second-order valence-corrected chi connectivity index (χ2v) is 6.37. The predicted octanol–water partition coefficient (Wildman–Crippen LogP) is 1.99. The number of aliphatic hydroxyl groups excluding tert-OH is 1. The van der Waals surface area contributed by atoms with Crippen LogP contribution in [-0.2, 0) is 11.2 Å². The zero-order chi connectivity index (χ0) is 13.7. The van der Waals surface area contributed by atoms with Gasteiger partial charge < -0.3 is 10.4 Å². The first-order chi connectivity index (χ1) is 9.16. The molecular formula is C15H21NO2S. The lowest BCUT2D eigenvalue weighted by Crippen LogP contribution is -2.45. The molecule has 2 rings (SSSR count). The molecule has 3 unspecified atom stereocenters. The third-order valence-electron chi connectivity index (χ3n) is 3.46. The SMILES string of the molecule is CC(NC(=O)C1CCCS1)C(O)Cc1ccccc1. The second kappa shape index (κ2) is 6.96. The Bertz CT molecular complexity index is 404. The molecule has 0 aliphatic carbocycles. The average molecular weight is 279 g/mol. The summed E-state index contributed by atoms with van der Waals surface area (Å²) in [6.45, 7) is 1.87. The van der Waals surface area contributed by atoms with Gasteiger partial charge in [0.1, 0.15) is 0 Å². The Morgan fingerprint density at radius 3 is 2.84 bits per heavy atom. The molecule has 1 aliphatic heterocycles. The van der Waals surface area contributed by atoms with Crippen molar-refractivity contribution in [3.8, 4) is 0 Å². The maximum absolute atomic E-state index is 12.0. The highest BCUT2D eigenvalue weighted by atomic mass is 32.2. The fourth-order valence-corrected chi connectivity index (χ4v) is 3.40. The van der Waals surface area contributed by atoms with Crippen LogP contribution in [0.15, 0.2) is 30.3 Å². The summed E-state index contributed by atoms with van der Waals surface area (Å²) in [5.41, 5.74) is 1.09. The fraction of sp³-hybridized carbons (Fsp3) is 0.533. The Hall–Kier alpha value is -1.00. The van der Waals surface area contributed by atoms with Gasteiger partial charge in [-0.2, -0.15) is 0 Å². The summed E-state index contributed by atoms with van der Waals surface area (Å²) in [5, 5.41) is 13.1. The normalized spacial score (nSPS) is 21.9. The van der Waals surface area contributed by atoms with Crippen molar-refractivity contribution >= 4 is 17.7 Å². The molecule has 0 aromatic heterocycles. The van der Waals surface area contributed by atoms with Gasteiger partial charge in [-0.05, 0) is 31.1 Å². The number of carbonyl (C=O) groups excluding carboxylic acids is 1. The standard InChI is InChI=1S/C15H21NO2S/c1-11(16-15(18)14-8-5-9-19-14)13(17)10-12-6-3-2-4-7-12/h2-4,6-7,11,13-14,17H,5,8-10H2,1H3,(H,16,18). The van der Waals surface area contributed by atoms with Gasteiger partial charge in [0.25, 0.3) is 0 Å². The first-order valence-electron chi connectivity index (χ1n) is 6.81. The topological polar surface area (TPSA) is 49.3 Å². The van der Waals surface area contributed by atoms with Gasteiger partial charge in [0.2, 0.25) is 5.91 Å². The summed E-state index contributed by atoms with van der Waals surface area (Å²) < 4.78 is 0. The van der Waals surface area contributed by atoms with Gasteiger partial charge in [-0.25, -0.2) is 0 Å².